The van der Waals surface area contributed by atoms with Crippen molar-refractivity contribution in [3.8, 4) is 0 Å². The Labute approximate surface area is 226 Å². The van der Waals surface area contributed by atoms with Crippen LogP contribution in [0.4, 0.5) is 0 Å². The number of amides is 2. The van der Waals surface area contributed by atoms with Crippen LogP contribution in [0.3, 0.4) is 0 Å². The maximum Gasteiger partial charge on any atom is 0.243 e. The number of nitrogens with one attached hydrogen (secondary N) is 1. The fourth-order valence-corrected chi connectivity index (χ4v) is 4.90. The Hall–Kier alpha value is -3.92. The Morgan fingerprint density at radius 2 is 1.53 bits per heavy atom. The van der Waals surface area contributed by atoms with Gasteiger partial charge in [0.2, 0.25) is 11.8 Å². The molecular weight excluding hydrogens is 468 g/mol. The summed E-state index contributed by atoms with van der Waals surface area (Å²) in [6, 6.07) is 32.1. The Kier molecular flexibility index (Phi) is 9.31. The van der Waals surface area contributed by atoms with Gasteiger partial charge >= 0.3 is 0 Å². The number of rotatable bonds is 11. The van der Waals surface area contributed by atoms with Gasteiger partial charge < -0.3 is 10.2 Å². The van der Waals surface area contributed by atoms with Crippen LogP contribution in [0.1, 0.15) is 48.9 Å². The van der Waals surface area contributed by atoms with E-state index in [1.165, 1.54) is 10.8 Å². The molecule has 0 aliphatic rings. The third kappa shape index (κ3) is 7.10. The molecule has 196 valence electrons. The predicted molar refractivity (Wildman–Crippen MR) is 156 cm³/mol. The van der Waals surface area contributed by atoms with Gasteiger partial charge in [0.05, 0.1) is 0 Å². The molecule has 4 heteroatoms. The summed E-state index contributed by atoms with van der Waals surface area (Å²) in [5.74, 6) is -0.117. The van der Waals surface area contributed by atoms with E-state index in [4.69, 9.17) is 0 Å². The van der Waals surface area contributed by atoms with Crippen molar-refractivity contribution >= 4 is 22.6 Å². The zero-order valence-electron chi connectivity index (χ0n) is 22.7. The van der Waals surface area contributed by atoms with Crippen LogP contribution >= 0.6 is 0 Å². The van der Waals surface area contributed by atoms with Gasteiger partial charge in [-0.05, 0) is 54.2 Å². The van der Waals surface area contributed by atoms with E-state index < -0.39 is 6.04 Å². The van der Waals surface area contributed by atoms with Crippen LogP contribution in [0.2, 0.25) is 0 Å². The monoisotopic (exact) mass is 506 g/mol. The average Bonchev–Trinajstić information content (AvgIpc) is 2.94. The highest BCUT2D eigenvalue weighted by molar-refractivity contribution is 5.89. The van der Waals surface area contributed by atoms with Crippen molar-refractivity contribution in [2.75, 3.05) is 0 Å². The van der Waals surface area contributed by atoms with Gasteiger partial charge in [-0.1, -0.05) is 110 Å². The molecule has 0 saturated heterocycles. The first kappa shape index (κ1) is 27.1. The molecule has 2 amide bonds. The maximum absolute atomic E-state index is 14.0. The minimum absolute atomic E-state index is 0.0142. The maximum atomic E-state index is 14.0. The molecule has 0 aliphatic carbocycles. The first-order valence-electron chi connectivity index (χ1n) is 13.6. The molecule has 0 aromatic heterocycles. The van der Waals surface area contributed by atoms with E-state index >= 15 is 0 Å². The van der Waals surface area contributed by atoms with Crippen LogP contribution in [0.15, 0.2) is 97.1 Å². The second kappa shape index (κ2) is 13.0. The zero-order valence-corrected chi connectivity index (χ0v) is 22.7. The van der Waals surface area contributed by atoms with Crippen LogP contribution in [0, 0.1) is 6.92 Å². The Balaban J connectivity index is 1.65. The summed E-state index contributed by atoms with van der Waals surface area (Å²) in [6.45, 7) is 6.50. The molecule has 0 aliphatic heterocycles. The number of carbonyl (C=O) groups excluding carboxylic acids is 2. The number of hydrogen-bond donors (Lipinski definition) is 1. The van der Waals surface area contributed by atoms with Crippen molar-refractivity contribution in [2.45, 2.75) is 65.1 Å². The van der Waals surface area contributed by atoms with Crippen LogP contribution in [0.5, 0.6) is 0 Å². The van der Waals surface area contributed by atoms with Crippen molar-refractivity contribution in [1.82, 2.24) is 10.2 Å². The van der Waals surface area contributed by atoms with Gasteiger partial charge in [0.15, 0.2) is 0 Å². The number of carbonyl (C=O) groups is 2. The van der Waals surface area contributed by atoms with E-state index in [-0.39, 0.29) is 17.9 Å². The van der Waals surface area contributed by atoms with Crippen LogP contribution in [0.25, 0.3) is 10.8 Å². The van der Waals surface area contributed by atoms with E-state index in [0.717, 1.165) is 28.7 Å². The highest BCUT2D eigenvalue weighted by Gasteiger charge is 2.30. The third-order valence-electron chi connectivity index (χ3n) is 7.20. The molecule has 38 heavy (non-hydrogen) atoms. The van der Waals surface area contributed by atoms with E-state index in [0.29, 0.717) is 25.8 Å². The quantitative estimate of drug-likeness (QED) is 0.248. The summed E-state index contributed by atoms with van der Waals surface area (Å²) >= 11 is 0. The van der Waals surface area contributed by atoms with Crippen LogP contribution in [-0.2, 0) is 29.0 Å². The van der Waals surface area contributed by atoms with Gasteiger partial charge in [-0.3, -0.25) is 9.59 Å². The van der Waals surface area contributed by atoms with Crippen LogP contribution < -0.4 is 5.32 Å². The van der Waals surface area contributed by atoms with E-state index in [9.17, 15) is 9.59 Å². The Morgan fingerprint density at radius 1 is 0.842 bits per heavy atom. The van der Waals surface area contributed by atoms with E-state index in [1.54, 1.807) is 4.90 Å². The lowest BCUT2D eigenvalue weighted by atomic mass is 9.99. The zero-order chi connectivity index (χ0) is 26.9. The summed E-state index contributed by atoms with van der Waals surface area (Å²) in [6.07, 6.45) is 2.25. The molecule has 4 rings (SSSR count). The van der Waals surface area contributed by atoms with Gasteiger partial charge in [-0.2, -0.15) is 0 Å². The van der Waals surface area contributed by atoms with Gasteiger partial charge in [-0.25, -0.2) is 0 Å². The first-order valence-corrected chi connectivity index (χ1v) is 13.6. The Morgan fingerprint density at radius 3 is 2.29 bits per heavy atom. The summed E-state index contributed by atoms with van der Waals surface area (Å²) in [5, 5.41) is 5.49. The first-order chi connectivity index (χ1) is 18.4. The third-order valence-corrected chi connectivity index (χ3v) is 7.20. The molecule has 4 aromatic rings. The summed E-state index contributed by atoms with van der Waals surface area (Å²) < 4.78 is 0. The molecule has 0 bridgehead atoms. The molecular formula is C34H38N2O2. The molecule has 0 unspecified atom stereocenters. The second-order valence-electron chi connectivity index (χ2n) is 10.2. The second-order valence-corrected chi connectivity index (χ2v) is 10.2. The number of fused-ring (bicyclic) bond motifs is 1. The number of aryl methyl sites for hydroxylation is 2. The minimum Gasteiger partial charge on any atom is -0.352 e. The number of benzene rings is 4. The molecule has 1 N–H and O–H groups in total. The lowest BCUT2D eigenvalue weighted by Crippen LogP contribution is -2.52. The van der Waals surface area contributed by atoms with Gasteiger partial charge in [0, 0.05) is 25.4 Å². The highest BCUT2D eigenvalue weighted by Crippen LogP contribution is 2.22. The lowest BCUT2D eigenvalue weighted by molar-refractivity contribution is -0.141. The largest absolute Gasteiger partial charge is 0.352 e. The standard InChI is InChI=1S/C34H38N2O2/c1-4-26(3)35-34(38)32(23-27-13-6-5-7-14-27)36(24-28-15-10-12-25(2)22-28)33(37)21-20-30-18-11-17-29-16-8-9-19-31(29)30/h5-19,22,26,32H,4,20-21,23-24H2,1-3H3,(H,35,38)/t26-,32-/m0/s1. The predicted octanol–water partition coefficient (Wildman–Crippen LogP) is 6.64. The molecule has 4 nitrogen and oxygen atoms in total. The fourth-order valence-electron chi connectivity index (χ4n) is 4.90. The summed E-state index contributed by atoms with van der Waals surface area (Å²) in [7, 11) is 0. The molecule has 2 atom stereocenters. The molecule has 0 fully saturated rings. The van der Waals surface area contributed by atoms with E-state index in [2.05, 4.69) is 42.6 Å². The molecule has 4 aromatic carbocycles. The van der Waals surface area contributed by atoms with Crippen molar-refractivity contribution in [3.05, 3.63) is 119 Å². The highest BCUT2D eigenvalue weighted by atomic mass is 16.2. The van der Waals surface area contributed by atoms with Gasteiger partial charge in [0.25, 0.3) is 0 Å². The number of hydrogen-bond acceptors (Lipinski definition) is 2. The topological polar surface area (TPSA) is 49.4 Å². The smallest absolute Gasteiger partial charge is 0.243 e. The summed E-state index contributed by atoms with van der Waals surface area (Å²) in [4.78, 5) is 29.4. The van der Waals surface area contributed by atoms with Crippen molar-refractivity contribution in [3.63, 3.8) is 0 Å². The minimum atomic E-state index is -0.605. The molecule has 0 spiro atoms. The van der Waals surface area contributed by atoms with Crippen molar-refractivity contribution < 1.29 is 9.59 Å². The normalized spacial score (nSPS) is 12.6. The fraction of sp³-hybridized carbons (Fsp3) is 0.294. The van der Waals surface area contributed by atoms with Gasteiger partial charge in [0.1, 0.15) is 6.04 Å². The molecule has 0 saturated carbocycles. The van der Waals surface area contributed by atoms with Gasteiger partial charge in [-0.15, -0.1) is 0 Å². The van der Waals surface area contributed by atoms with E-state index in [1.807, 2.05) is 80.6 Å². The Bertz CT molecular complexity index is 1360. The molecule has 0 heterocycles. The van der Waals surface area contributed by atoms with Crippen LogP contribution in [-0.4, -0.2) is 28.8 Å². The van der Waals surface area contributed by atoms with Crippen molar-refractivity contribution in [2.24, 2.45) is 0 Å². The average molecular weight is 507 g/mol. The molecule has 0 radical (unpaired) electrons. The lowest BCUT2D eigenvalue weighted by Gasteiger charge is -2.32. The SMILES string of the molecule is CC[C@H](C)NC(=O)[C@H](Cc1ccccc1)N(Cc1cccc(C)c1)C(=O)CCc1cccc2ccccc12. The number of nitrogens with zero attached hydrogens (tertiary/aromatic N) is 1. The summed E-state index contributed by atoms with van der Waals surface area (Å²) in [5.41, 5.74) is 4.34. The van der Waals surface area contributed by atoms with Crippen molar-refractivity contribution in [1.29, 1.82) is 0 Å².